The summed E-state index contributed by atoms with van der Waals surface area (Å²) in [7, 11) is 1.34. The molecule has 0 aliphatic rings. The first-order chi connectivity index (χ1) is 11.1. The lowest BCUT2D eigenvalue weighted by Crippen LogP contribution is -2.41. The number of hydrogen-bond donors (Lipinski definition) is 2. The van der Waals surface area contributed by atoms with Crippen LogP contribution in [0.25, 0.3) is 0 Å². The first kappa shape index (κ1) is 16.7. The molecule has 1 atom stereocenters. The predicted octanol–water partition coefficient (Wildman–Crippen LogP) is 1.66. The van der Waals surface area contributed by atoms with E-state index in [-0.39, 0.29) is 11.9 Å². The normalized spacial score (nSPS) is 11.6. The standard InChI is InChI=1S/C18H20N2O3/c1-23-18(22)15-9-7-14(8-10-15)12-20-17(21)16(19)11-13-5-3-2-4-6-13/h2-10,16H,11-12,19H2,1H3,(H,20,21). The molecule has 2 rings (SSSR count). The molecular formula is C18H20N2O3. The fraction of sp³-hybridized carbons (Fsp3) is 0.222. The lowest BCUT2D eigenvalue weighted by Gasteiger charge is -2.12. The van der Waals surface area contributed by atoms with E-state index in [1.54, 1.807) is 24.3 Å². The van der Waals surface area contributed by atoms with Crippen LogP contribution < -0.4 is 11.1 Å². The van der Waals surface area contributed by atoms with Crippen molar-refractivity contribution < 1.29 is 14.3 Å². The molecule has 0 bridgehead atoms. The SMILES string of the molecule is COC(=O)c1ccc(CNC(=O)C(N)Cc2ccccc2)cc1. The molecule has 2 aromatic carbocycles. The van der Waals surface area contributed by atoms with Crippen LogP contribution in [0.5, 0.6) is 0 Å². The van der Waals surface area contributed by atoms with E-state index < -0.39 is 6.04 Å². The van der Waals surface area contributed by atoms with Crippen LogP contribution in [0.1, 0.15) is 21.5 Å². The highest BCUT2D eigenvalue weighted by atomic mass is 16.5. The van der Waals surface area contributed by atoms with Crippen molar-refractivity contribution in [2.24, 2.45) is 5.73 Å². The number of carbonyl (C=O) groups is 2. The van der Waals surface area contributed by atoms with Gasteiger partial charge in [0.05, 0.1) is 18.7 Å². The highest BCUT2D eigenvalue weighted by molar-refractivity contribution is 5.89. The number of nitrogens with one attached hydrogen (secondary N) is 1. The lowest BCUT2D eigenvalue weighted by atomic mass is 10.1. The molecule has 0 saturated heterocycles. The third-order valence-electron chi connectivity index (χ3n) is 3.48. The average molecular weight is 312 g/mol. The van der Waals surface area contributed by atoms with Crippen LogP contribution in [-0.4, -0.2) is 25.0 Å². The van der Waals surface area contributed by atoms with Crippen LogP contribution in [0, 0.1) is 0 Å². The van der Waals surface area contributed by atoms with Gasteiger partial charge in [-0.3, -0.25) is 4.79 Å². The third-order valence-corrected chi connectivity index (χ3v) is 3.48. The molecule has 0 aliphatic carbocycles. The quantitative estimate of drug-likeness (QED) is 0.795. The van der Waals surface area contributed by atoms with Crippen molar-refractivity contribution in [3.8, 4) is 0 Å². The first-order valence-corrected chi connectivity index (χ1v) is 7.34. The van der Waals surface area contributed by atoms with Gasteiger partial charge in [0, 0.05) is 6.54 Å². The monoisotopic (exact) mass is 312 g/mol. The molecule has 0 saturated carbocycles. The van der Waals surface area contributed by atoms with Crippen LogP contribution in [0.4, 0.5) is 0 Å². The van der Waals surface area contributed by atoms with Gasteiger partial charge in [0.25, 0.3) is 0 Å². The molecule has 23 heavy (non-hydrogen) atoms. The number of esters is 1. The molecule has 1 unspecified atom stereocenters. The fourth-order valence-corrected chi connectivity index (χ4v) is 2.16. The number of carbonyl (C=O) groups excluding carboxylic acids is 2. The topological polar surface area (TPSA) is 81.4 Å². The van der Waals surface area contributed by atoms with Gasteiger partial charge in [-0.15, -0.1) is 0 Å². The molecule has 5 nitrogen and oxygen atoms in total. The van der Waals surface area contributed by atoms with Crippen LogP contribution in [0.2, 0.25) is 0 Å². The van der Waals surface area contributed by atoms with Crippen LogP contribution in [0.15, 0.2) is 54.6 Å². The van der Waals surface area contributed by atoms with Gasteiger partial charge in [-0.05, 0) is 29.7 Å². The Morgan fingerprint density at radius 3 is 2.30 bits per heavy atom. The Hall–Kier alpha value is -2.66. The maximum Gasteiger partial charge on any atom is 0.337 e. The highest BCUT2D eigenvalue weighted by Gasteiger charge is 2.13. The number of ether oxygens (including phenoxy) is 1. The zero-order valence-corrected chi connectivity index (χ0v) is 13.0. The Labute approximate surface area is 135 Å². The minimum Gasteiger partial charge on any atom is -0.465 e. The summed E-state index contributed by atoms with van der Waals surface area (Å²) in [5.74, 6) is -0.587. The highest BCUT2D eigenvalue weighted by Crippen LogP contribution is 2.06. The molecule has 3 N–H and O–H groups in total. The zero-order chi connectivity index (χ0) is 16.7. The Balaban J connectivity index is 1.85. The van der Waals surface area contributed by atoms with E-state index in [9.17, 15) is 9.59 Å². The van der Waals surface area contributed by atoms with Crippen molar-refractivity contribution >= 4 is 11.9 Å². The van der Waals surface area contributed by atoms with E-state index in [4.69, 9.17) is 5.73 Å². The average Bonchev–Trinajstić information content (AvgIpc) is 2.60. The molecule has 5 heteroatoms. The van der Waals surface area contributed by atoms with E-state index in [0.717, 1.165) is 11.1 Å². The lowest BCUT2D eigenvalue weighted by molar-refractivity contribution is -0.122. The summed E-state index contributed by atoms with van der Waals surface area (Å²) >= 11 is 0. The Morgan fingerprint density at radius 2 is 1.70 bits per heavy atom. The van der Waals surface area contributed by atoms with Crippen LogP contribution in [0.3, 0.4) is 0 Å². The fourth-order valence-electron chi connectivity index (χ4n) is 2.16. The summed E-state index contributed by atoms with van der Waals surface area (Å²) in [6.07, 6.45) is 0.494. The molecule has 0 aromatic heterocycles. The summed E-state index contributed by atoms with van der Waals surface area (Å²) in [4.78, 5) is 23.4. The summed E-state index contributed by atoms with van der Waals surface area (Å²) in [5, 5.41) is 2.80. The van der Waals surface area contributed by atoms with Gasteiger partial charge in [0.15, 0.2) is 0 Å². The van der Waals surface area contributed by atoms with Gasteiger partial charge < -0.3 is 15.8 Å². The molecule has 0 spiro atoms. The third kappa shape index (κ3) is 4.93. The second-order valence-corrected chi connectivity index (χ2v) is 5.20. The van der Waals surface area contributed by atoms with Crippen molar-refractivity contribution in [3.63, 3.8) is 0 Å². The number of amides is 1. The molecule has 2 aromatic rings. The second kappa shape index (κ2) is 8.10. The first-order valence-electron chi connectivity index (χ1n) is 7.34. The van der Waals surface area contributed by atoms with Crippen molar-refractivity contribution in [1.82, 2.24) is 5.32 Å². The molecule has 0 radical (unpaired) electrons. The van der Waals surface area contributed by atoms with Crippen LogP contribution in [-0.2, 0) is 22.5 Å². The predicted molar refractivity (Wildman–Crippen MR) is 87.7 cm³/mol. The van der Waals surface area contributed by atoms with E-state index in [0.29, 0.717) is 18.5 Å². The smallest absolute Gasteiger partial charge is 0.337 e. The van der Waals surface area contributed by atoms with E-state index in [1.165, 1.54) is 7.11 Å². The Bertz CT molecular complexity index is 654. The maximum absolute atomic E-state index is 12.0. The maximum atomic E-state index is 12.0. The van der Waals surface area contributed by atoms with Crippen molar-refractivity contribution in [2.45, 2.75) is 19.0 Å². The van der Waals surface area contributed by atoms with Gasteiger partial charge in [-0.2, -0.15) is 0 Å². The largest absolute Gasteiger partial charge is 0.465 e. The summed E-state index contributed by atoms with van der Waals surface area (Å²) in [6.45, 7) is 0.364. The molecule has 120 valence electrons. The minimum absolute atomic E-state index is 0.203. The molecule has 0 aliphatic heterocycles. The van der Waals surface area contributed by atoms with E-state index >= 15 is 0 Å². The van der Waals surface area contributed by atoms with Gasteiger partial charge in [-0.25, -0.2) is 4.79 Å². The number of rotatable bonds is 6. The van der Waals surface area contributed by atoms with Gasteiger partial charge in [0.2, 0.25) is 5.91 Å². The van der Waals surface area contributed by atoms with E-state index in [2.05, 4.69) is 10.1 Å². The van der Waals surface area contributed by atoms with Gasteiger partial charge in [-0.1, -0.05) is 42.5 Å². The van der Waals surface area contributed by atoms with Crippen molar-refractivity contribution in [1.29, 1.82) is 0 Å². The van der Waals surface area contributed by atoms with Crippen molar-refractivity contribution in [2.75, 3.05) is 7.11 Å². The van der Waals surface area contributed by atoms with Gasteiger partial charge >= 0.3 is 5.97 Å². The summed E-state index contributed by atoms with van der Waals surface area (Å²) < 4.78 is 4.64. The summed E-state index contributed by atoms with van der Waals surface area (Å²) in [6, 6.07) is 15.9. The zero-order valence-electron chi connectivity index (χ0n) is 13.0. The number of methoxy groups -OCH3 is 1. The minimum atomic E-state index is -0.591. The van der Waals surface area contributed by atoms with Crippen molar-refractivity contribution in [3.05, 3.63) is 71.3 Å². The molecule has 0 fully saturated rings. The summed E-state index contributed by atoms with van der Waals surface area (Å²) in [5.41, 5.74) is 8.31. The van der Waals surface area contributed by atoms with Crippen LogP contribution >= 0.6 is 0 Å². The number of nitrogens with two attached hydrogens (primary N) is 1. The number of benzene rings is 2. The molecular weight excluding hydrogens is 292 g/mol. The Morgan fingerprint density at radius 1 is 1.04 bits per heavy atom. The second-order valence-electron chi connectivity index (χ2n) is 5.20. The number of hydrogen-bond acceptors (Lipinski definition) is 4. The van der Waals surface area contributed by atoms with Gasteiger partial charge in [0.1, 0.15) is 0 Å². The Kier molecular flexibility index (Phi) is 5.88. The molecule has 1 amide bonds. The van der Waals surface area contributed by atoms with E-state index in [1.807, 2.05) is 30.3 Å². The molecule has 0 heterocycles.